The number of para-hydroxylation sites is 1. The topological polar surface area (TPSA) is 149 Å². The molecule has 3 aromatic rings. The summed E-state index contributed by atoms with van der Waals surface area (Å²) in [6, 6.07) is 6.67. The van der Waals surface area contributed by atoms with Crippen molar-refractivity contribution < 1.29 is 9.59 Å². The molecule has 38 heavy (non-hydrogen) atoms. The van der Waals surface area contributed by atoms with Crippen molar-refractivity contribution in [1.82, 2.24) is 24.0 Å². The summed E-state index contributed by atoms with van der Waals surface area (Å²) in [6.45, 7) is 3.12. The van der Waals surface area contributed by atoms with Crippen molar-refractivity contribution in [2.45, 2.75) is 38.9 Å². The molecule has 202 valence electrons. The van der Waals surface area contributed by atoms with Gasteiger partial charge in [0.05, 0.1) is 13.1 Å². The molecule has 3 heterocycles. The molecule has 12 nitrogen and oxygen atoms in total. The summed E-state index contributed by atoms with van der Waals surface area (Å²) in [6.07, 6.45) is 5.60. The number of carbonyl (C=O) groups excluding carboxylic acids is 2. The first-order chi connectivity index (χ1) is 18.3. The zero-order valence-corrected chi connectivity index (χ0v) is 21.9. The number of likely N-dealkylation sites (N-methyl/N-ethyl adjacent to an activating group) is 1. The number of aryl methyl sites for hydroxylation is 1. The van der Waals surface area contributed by atoms with Gasteiger partial charge in [0.1, 0.15) is 0 Å². The number of allylic oxidation sites excluding steroid dienone is 2. The third-order valence-corrected chi connectivity index (χ3v) is 6.72. The number of hydrogen-bond acceptors (Lipinski definition) is 8. The van der Waals surface area contributed by atoms with E-state index in [2.05, 4.69) is 10.6 Å². The van der Waals surface area contributed by atoms with E-state index in [0.29, 0.717) is 24.7 Å². The maximum absolute atomic E-state index is 13.8. The summed E-state index contributed by atoms with van der Waals surface area (Å²) in [5.41, 5.74) is 6.20. The van der Waals surface area contributed by atoms with Gasteiger partial charge in [-0.1, -0.05) is 24.3 Å². The first kappa shape index (κ1) is 26.9. The van der Waals surface area contributed by atoms with E-state index in [0.717, 1.165) is 24.0 Å². The standard InChI is InChI=1S/C26H34N8O4/c1-4-5-13-33-22-23(30-25(33)32-12-8-9-17(27)15-32)31(3)26(38)34(24(22)37)16-20(35)18-10-6-7-11-19(18)29-14-21(36)28-2/h4-7,10-11,17,29H,8-9,12-16,27H2,1-3H3,(H,28,36)/b5-4+/t17-/m1/s1. The van der Waals surface area contributed by atoms with E-state index >= 15 is 0 Å². The molecule has 0 spiro atoms. The van der Waals surface area contributed by atoms with Gasteiger partial charge in [-0.25, -0.2) is 4.79 Å². The summed E-state index contributed by atoms with van der Waals surface area (Å²) >= 11 is 0. The maximum atomic E-state index is 13.8. The Balaban J connectivity index is 1.78. The molecule has 1 atom stereocenters. The highest BCUT2D eigenvalue weighted by atomic mass is 16.2. The molecule has 0 saturated carbocycles. The van der Waals surface area contributed by atoms with Crippen LogP contribution >= 0.6 is 0 Å². The average Bonchev–Trinajstić information content (AvgIpc) is 3.31. The number of ketones is 1. The van der Waals surface area contributed by atoms with E-state index in [4.69, 9.17) is 10.7 Å². The van der Waals surface area contributed by atoms with Crippen LogP contribution in [0.5, 0.6) is 0 Å². The van der Waals surface area contributed by atoms with E-state index < -0.39 is 23.6 Å². The first-order valence-electron chi connectivity index (χ1n) is 12.6. The minimum absolute atomic E-state index is 0.00564. The van der Waals surface area contributed by atoms with Gasteiger partial charge in [-0.15, -0.1) is 0 Å². The molecule has 12 heteroatoms. The molecule has 1 aliphatic rings. The molecule has 4 N–H and O–H groups in total. The molecule has 0 unspecified atom stereocenters. The van der Waals surface area contributed by atoms with Crippen molar-refractivity contribution >= 4 is 34.5 Å². The molecule has 1 aliphatic heterocycles. The quantitative estimate of drug-likeness (QED) is 0.271. The minimum atomic E-state index is -0.635. The van der Waals surface area contributed by atoms with E-state index in [1.807, 2.05) is 24.0 Å². The minimum Gasteiger partial charge on any atom is -0.376 e. The lowest BCUT2D eigenvalue weighted by Gasteiger charge is -2.31. The second-order valence-corrected chi connectivity index (χ2v) is 9.34. The van der Waals surface area contributed by atoms with Gasteiger partial charge in [0.25, 0.3) is 5.56 Å². The Hall–Kier alpha value is -4.19. The number of anilines is 2. The van der Waals surface area contributed by atoms with Gasteiger partial charge in [-0.05, 0) is 31.9 Å². The number of rotatable bonds is 9. The number of amides is 1. The fraction of sp³-hybridized carbons (Fsp3) is 0.423. The lowest BCUT2D eigenvalue weighted by Crippen LogP contribution is -2.44. The molecule has 0 aliphatic carbocycles. The largest absolute Gasteiger partial charge is 0.376 e. The Morgan fingerprint density at radius 1 is 1.21 bits per heavy atom. The average molecular weight is 523 g/mol. The van der Waals surface area contributed by atoms with Crippen LogP contribution in [0.15, 0.2) is 46.0 Å². The summed E-state index contributed by atoms with van der Waals surface area (Å²) in [4.78, 5) is 58.8. The lowest BCUT2D eigenvalue weighted by atomic mass is 10.1. The molecule has 0 radical (unpaired) electrons. The van der Waals surface area contributed by atoms with E-state index in [1.54, 1.807) is 35.9 Å². The number of hydrogen-bond donors (Lipinski definition) is 3. The monoisotopic (exact) mass is 522 g/mol. The van der Waals surface area contributed by atoms with Crippen LogP contribution in [-0.2, 0) is 24.9 Å². The molecule has 1 aromatic carbocycles. The highest BCUT2D eigenvalue weighted by molar-refractivity contribution is 6.01. The molecule has 1 saturated heterocycles. The number of imidazole rings is 1. The first-order valence-corrected chi connectivity index (χ1v) is 12.6. The molecular weight excluding hydrogens is 488 g/mol. The van der Waals surface area contributed by atoms with Gasteiger partial charge < -0.3 is 25.8 Å². The second kappa shape index (κ2) is 11.5. The number of aromatic nitrogens is 4. The predicted molar refractivity (Wildman–Crippen MR) is 147 cm³/mol. The van der Waals surface area contributed by atoms with Gasteiger partial charge in [0.15, 0.2) is 16.9 Å². The van der Waals surface area contributed by atoms with Crippen LogP contribution in [0.2, 0.25) is 0 Å². The highest BCUT2D eigenvalue weighted by Gasteiger charge is 2.26. The van der Waals surface area contributed by atoms with Crippen LogP contribution in [0, 0.1) is 0 Å². The zero-order valence-electron chi connectivity index (χ0n) is 21.9. The van der Waals surface area contributed by atoms with Gasteiger partial charge in [0, 0.05) is 51.0 Å². The van der Waals surface area contributed by atoms with Crippen molar-refractivity contribution in [3.05, 3.63) is 62.8 Å². The number of carbonyl (C=O) groups is 2. The van der Waals surface area contributed by atoms with E-state index in [-0.39, 0.29) is 35.2 Å². The number of nitrogens with one attached hydrogen (secondary N) is 2. The number of nitrogens with two attached hydrogens (primary N) is 1. The Bertz CT molecular complexity index is 1500. The maximum Gasteiger partial charge on any atom is 0.332 e. The van der Waals surface area contributed by atoms with Crippen LogP contribution in [0.3, 0.4) is 0 Å². The normalized spacial score (nSPS) is 15.8. The van der Waals surface area contributed by atoms with Crippen molar-refractivity contribution in [3.63, 3.8) is 0 Å². The van der Waals surface area contributed by atoms with Gasteiger partial charge in [0.2, 0.25) is 11.9 Å². The number of benzene rings is 1. The number of fused-ring (bicyclic) bond motifs is 1. The van der Waals surface area contributed by atoms with Crippen molar-refractivity contribution in [3.8, 4) is 0 Å². The summed E-state index contributed by atoms with van der Waals surface area (Å²) < 4.78 is 4.04. The van der Waals surface area contributed by atoms with E-state index in [9.17, 15) is 19.2 Å². The molecule has 2 aromatic heterocycles. The summed E-state index contributed by atoms with van der Waals surface area (Å²) in [7, 11) is 3.06. The molecule has 1 fully saturated rings. The smallest absolute Gasteiger partial charge is 0.332 e. The lowest BCUT2D eigenvalue weighted by molar-refractivity contribution is -0.118. The third kappa shape index (κ3) is 5.25. The third-order valence-electron chi connectivity index (χ3n) is 6.72. The number of nitrogens with zero attached hydrogens (tertiary/aromatic N) is 5. The Labute approximate surface area is 219 Å². The van der Waals surface area contributed by atoms with Gasteiger partial charge in [-0.2, -0.15) is 4.98 Å². The van der Waals surface area contributed by atoms with Gasteiger partial charge >= 0.3 is 5.69 Å². The molecule has 4 rings (SSSR count). The van der Waals surface area contributed by atoms with Crippen LogP contribution in [-0.4, -0.2) is 63.1 Å². The zero-order chi connectivity index (χ0) is 27.4. The Kier molecular flexibility index (Phi) is 8.10. The second-order valence-electron chi connectivity index (χ2n) is 9.34. The van der Waals surface area contributed by atoms with Crippen molar-refractivity contribution in [2.75, 3.05) is 36.9 Å². The Morgan fingerprint density at radius 2 is 1.97 bits per heavy atom. The number of piperidine rings is 1. The molecule has 0 bridgehead atoms. The van der Waals surface area contributed by atoms with Crippen molar-refractivity contribution in [2.24, 2.45) is 12.8 Å². The SMILES string of the molecule is C/C=C/Cn1c(N2CCC[C@@H](N)C2)nc2c1c(=O)n(CC(=O)c1ccccc1NCC(=O)NC)c(=O)n2C. The molecular formula is C26H34N8O4. The summed E-state index contributed by atoms with van der Waals surface area (Å²) in [5, 5.41) is 5.45. The Morgan fingerprint density at radius 3 is 2.68 bits per heavy atom. The number of Topliss-reactive ketones (excluding diaryl/α,β-unsaturated/α-hetero) is 1. The van der Waals surface area contributed by atoms with Crippen LogP contribution in [0.1, 0.15) is 30.1 Å². The van der Waals surface area contributed by atoms with Crippen LogP contribution in [0.25, 0.3) is 11.2 Å². The fourth-order valence-electron chi connectivity index (χ4n) is 4.69. The van der Waals surface area contributed by atoms with Crippen LogP contribution in [0.4, 0.5) is 11.6 Å². The summed E-state index contributed by atoms with van der Waals surface area (Å²) in [5.74, 6) is -0.110. The molecule has 1 amide bonds. The predicted octanol–water partition coefficient (Wildman–Crippen LogP) is 0.441. The van der Waals surface area contributed by atoms with Crippen LogP contribution < -0.4 is 32.5 Å². The fourth-order valence-corrected chi connectivity index (χ4v) is 4.69. The highest BCUT2D eigenvalue weighted by Crippen LogP contribution is 2.23. The van der Waals surface area contributed by atoms with Gasteiger partial charge in [-0.3, -0.25) is 23.5 Å². The van der Waals surface area contributed by atoms with E-state index in [1.165, 1.54) is 11.6 Å². The van der Waals surface area contributed by atoms with Crippen molar-refractivity contribution in [1.29, 1.82) is 0 Å².